The Hall–Kier alpha value is -3.94. The van der Waals surface area contributed by atoms with Crippen LogP contribution < -0.4 is 10.1 Å². The molecule has 0 aliphatic rings. The molecule has 0 atom stereocenters. The largest absolute Gasteiger partial charge is 0.485 e. The fourth-order valence-electron chi connectivity index (χ4n) is 3.29. The van der Waals surface area contributed by atoms with E-state index in [0.29, 0.717) is 29.6 Å². The summed E-state index contributed by atoms with van der Waals surface area (Å²) in [6, 6.07) is 17.0. The highest BCUT2D eigenvalue weighted by atomic mass is 16.5. The second-order valence-electron chi connectivity index (χ2n) is 7.42. The van der Waals surface area contributed by atoms with Crippen molar-refractivity contribution in [2.45, 2.75) is 33.3 Å². The van der Waals surface area contributed by atoms with Gasteiger partial charge in [0.2, 0.25) is 11.7 Å². The topological polar surface area (TPSA) is 95.1 Å². The molecular weight excluding hydrogens is 406 g/mol. The summed E-state index contributed by atoms with van der Waals surface area (Å²) in [5.41, 5.74) is 3.81. The number of hydrogen-bond donors (Lipinski definition) is 1. The van der Waals surface area contributed by atoms with Crippen molar-refractivity contribution in [3.63, 3.8) is 0 Å². The van der Waals surface area contributed by atoms with E-state index in [2.05, 4.69) is 26.8 Å². The lowest BCUT2D eigenvalue weighted by molar-refractivity contribution is 0.0953. The van der Waals surface area contributed by atoms with E-state index in [9.17, 15) is 4.79 Å². The van der Waals surface area contributed by atoms with Crippen molar-refractivity contribution in [1.82, 2.24) is 25.2 Å². The molecule has 2 heterocycles. The highest BCUT2D eigenvalue weighted by Gasteiger charge is 2.09. The highest BCUT2D eigenvalue weighted by molar-refractivity contribution is 5.94. The molecular formula is C24H25N5O3. The number of amides is 1. The number of rotatable bonds is 9. The molecule has 164 valence electrons. The number of ether oxygens (including phenoxy) is 1. The number of hydrogen-bond acceptors (Lipinski definition) is 6. The van der Waals surface area contributed by atoms with E-state index in [1.165, 1.54) is 5.56 Å². The Bertz CT molecular complexity index is 1170. The summed E-state index contributed by atoms with van der Waals surface area (Å²) >= 11 is 0. The third kappa shape index (κ3) is 5.40. The molecule has 0 aliphatic heterocycles. The van der Waals surface area contributed by atoms with Gasteiger partial charge in [-0.25, -0.2) is 4.68 Å². The zero-order valence-corrected chi connectivity index (χ0v) is 18.1. The molecule has 0 aliphatic carbocycles. The molecule has 0 fully saturated rings. The van der Waals surface area contributed by atoms with Crippen LogP contribution in [0.4, 0.5) is 0 Å². The standard InChI is InChI=1S/C24H25N5O3/c1-17-20(15-29(27-17)21-8-4-3-5-9-21)7-6-14-25-24(30)19-10-12-22(13-11-19)31-16-23-26-18(2)32-28-23/h3-5,8-13,15H,6-7,14,16H2,1-2H3,(H,25,30). The van der Waals surface area contributed by atoms with Crippen LogP contribution in [0.1, 0.15) is 39.8 Å². The van der Waals surface area contributed by atoms with Crippen molar-refractivity contribution in [2.75, 3.05) is 6.54 Å². The molecule has 0 spiro atoms. The van der Waals surface area contributed by atoms with E-state index in [1.54, 1.807) is 31.2 Å². The van der Waals surface area contributed by atoms with E-state index in [0.717, 1.165) is 24.2 Å². The van der Waals surface area contributed by atoms with Crippen molar-refractivity contribution in [3.8, 4) is 11.4 Å². The van der Waals surface area contributed by atoms with Crippen LogP contribution in [0.25, 0.3) is 5.69 Å². The molecule has 0 radical (unpaired) electrons. The monoisotopic (exact) mass is 431 g/mol. The van der Waals surface area contributed by atoms with Gasteiger partial charge in [-0.3, -0.25) is 4.79 Å². The summed E-state index contributed by atoms with van der Waals surface area (Å²) in [6.07, 6.45) is 3.74. The maximum atomic E-state index is 12.4. The number of nitrogens with zero attached hydrogens (tertiary/aromatic N) is 4. The average molecular weight is 431 g/mol. The van der Waals surface area contributed by atoms with Gasteiger partial charge in [-0.05, 0) is 61.7 Å². The molecule has 8 nitrogen and oxygen atoms in total. The van der Waals surface area contributed by atoms with Crippen molar-refractivity contribution in [2.24, 2.45) is 0 Å². The van der Waals surface area contributed by atoms with E-state index >= 15 is 0 Å². The summed E-state index contributed by atoms with van der Waals surface area (Å²) < 4.78 is 12.4. The van der Waals surface area contributed by atoms with Gasteiger partial charge in [-0.2, -0.15) is 10.1 Å². The first kappa shape index (κ1) is 21.3. The van der Waals surface area contributed by atoms with E-state index < -0.39 is 0 Å². The molecule has 0 unspecified atom stereocenters. The minimum atomic E-state index is -0.109. The second kappa shape index (κ2) is 9.91. The van der Waals surface area contributed by atoms with Gasteiger partial charge in [0.05, 0.1) is 11.4 Å². The lowest BCUT2D eigenvalue weighted by Gasteiger charge is -2.07. The molecule has 1 amide bonds. The number of aryl methyl sites for hydroxylation is 3. The van der Waals surface area contributed by atoms with Crippen molar-refractivity contribution >= 4 is 5.91 Å². The van der Waals surface area contributed by atoms with Gasteiger partial charge in [-0.15, -0.1) is 0 Å². The summed E-state index contributed by atoms with van der Waals surface area (Å²) in [4.78, 5) is 16.5. The Balaban J connectivity index is 1.22. The van der Waals surface area contributed by atoms with Gasteiger partial charge < -0.3 is 14.6 Å². The summed E-state index contributed by atoms with van der Waals surface area (Å²) in [7, 11) is 0. The lowest BCUT2D eigenvalue weighted by Crippen LogP contribution is -2.24. The summed E-state index contributed by atoms with van der Waals surface area (Å²) in [5, 5.41) is 11.3. The fraction of sp³-hybridized carbons (Fsp3) is 0.250. The maximum Gasteiger partial charge on any atom is 0.251 e. The Morgan fingerprint density at radius 3 is 2.59 bits per heavy atom. The second-order valence-corrected chi connectivity index (χ2v) is 7.42. The first-order valence-electron chi connectivity index (χ1n) is 10.5. The lowest BCUT2D eigenvalue weighted by atomic mass is 10.1. The fourth-order valence-corrected chi connectivity index (χ4v) is 3.29. The van der Waals surface area contributed by atoms with Crippen LogP contribution in [0.2, 0.25) is 0 Å². The van der Waals surface area contributed by atoms with Gasteiger partial charge in [0.25, 0.3) is 5.91 Å². The van der Waals surface area contributed by atoms with Gasteiger partial charge in [-0.1, -0.05) is 23.4 Å². The number of benzene rings is 2. The van der Waals surface area contributed by atoms with Gasteiger partial charge >= 0.3 is 0 Å². The maximum absolute atomic E-state index is 12.4. The zero-order chi connectivity index (χ0) is 22.3. The third-order valence-corrected chi connectivity index (χ3v) is 4.98. The molecule has 1 N–H and O–H groups in total. The molecule has 32 heavy (non-hydrogen) atoms. The first-order valence-corrected chi connectivity index (χ1v) is 10.5. The predicted octanol–water partition coefficient (Wildman–Crippen LogP) is 3.81. The molecule has 2 aromatic heterocycles. The van der Waals surface area contributed by atoms with Gasteiger partial charge in [0.1, 0.15) is 5.75 Å². The minimum Gasteiger partial charge on any atom is -0.485 e. The van der Waals surface area contributed by atoms with Gasteiger partial charge in [0, 0.05) is 25.2 Å². The van der Waals surface area contributed by atoms with E-state index in [1.807, 2.05) is 41.9 Å². The summed E-state index contributed by atoms with van der Waals surface area (Å²) in [6.45, 7) is 4.53. The van der Waals surface area contributed by atoms with Crippen molar-refractivity contribution in [3.05, 3.63) is 89.3 Å². The van der Waals surface area contributed by atoms with Crippen molar-refractivity contribution < 1.29 is 14.1 Å². The SMILES string of the molecule is Cc1nc(COc2ccc(C(=O)NCCCc3cn(-c4ccccc4)nc3C)cc2)no1. The minimum absolute atomic E-state index is 0.109. The molecule has 8 heteroatoms. The Morgan fingerprint density at radius 2 is 1.88 bits per heavy atom. The Labute approximate surface area is 186 Å². The predicted molar refractivity (Wildman–Crippen MR) is 119 cm³/mol. The van der Waals surface area contributed by atoms with E-state index in [4.69, 9.17) is 9.26 Å². The molecule has 0 bridgehead atoms. The van der Waals surface area contributed by atoms with Crippen LogP contribution in [0.3, 0.4) is 0 Å². The molecule has 4 rings (SSSR count). The van der Waals surface area contributed by atoms with E-state index in [-0.39, 0.29) is 12.5 Å². The Morgan fingerprint density at radius 1 is 1.09 bits per heavy atom. The number of aromatic nitrogens is 4. The number of carbonyl (C=O) groups excluding carboxylic acids is 1. The molecule has 4 aromatic rings. The third-order valence-electron chi connectivity index (χ3n) is 4.98. The van der Waals surface area contributed by atoms with Crippen LogP contribution in [0.15, 0.2) is 65.3 Å². The quantitative estimate of drug-likeness (QED) is 0.405. The van der Waals surface area contributed by atoms with Crippen molar-refractivity contribution in [1.29, 1.82) is 0 Å². The normalized spacial score (nSPS) is 10.8. The number of carbonyl (C=O) groups is 1. The van der Waals surface area contributed by atoms with Crippen LogP contribution in [-0.4, -0.2) is 32.4 Å². The smallest absolute Gasteiger partial charge is 0.251 e. The molecule has 0 saturated carbocycles. The van der Waals surface area contributed by atoms with Gasteiger partial charge in [0.15, 0.2) is 6.61 Å². The zero-order valence-electron chi connectivity index (χ0n) is 18.1. The number of para-hydroxylation sites is 1. The van der Waals surface area contributed by atoms with Crippen LogP contribution >= 0.6 is 0 Å². The van der Waals surface area contributed by atoms with Crippen LogP contribution in [0.5, 0.6) is 5.75 Å². The highest BCUT2D eigenvalue weighted by Crippen LogP contribution is 2.15. The molecule has 0 saturated heterocycles. The van der Waals surface area contributed by atoms with Crippen LogP contribution in [0, 0.1) is 13.8 Å². The number of nitrogens with one attached hydrogen (secondary N) is 1. The first-order chi connectivity index (χ1) is 15.6. The summed E-state index contributed by atoms with van der Waals surface area (Å²) in [5.74, 6) is 1.50. The average Bonchev–Trinajstić information content (AvgIpc) is 3.41. The molecule has 2 aromatic carbocycles. The Kier molecular flexibility index (Phi) is 6.60. The van der Waals surface area contributed by atoms with Crippen LogP contribution in [-0.2, 0) is 13.0 Å².